The van der Waals surface area contributed by atoms with Crippen LogP contribution in [0.25, 0.3) is 0 Å². The zero-order chi connectivity index (χ0) is 16.0. The standard InChI is InChI=1S/C19H18ClF2N/c20-7-1-2-18-19-16-6-5-14(21)8-13(16)11-23(18)10-12-3-4-15(22)9-17(12)19/h3-6,8-9,18-19H,1-2,7,10-11H2/t18-,19+/m0/s1. The molecule has 2 aromatic rings. The van der Waals surface area contributed by atoms with Crippen molar-refractivity contribution >= 4 is 11.6 Å². The Hall–Kier alpha value is -1.45. The molecule has 3 atom stereocenters. The van der Waals surface area contributed by atoms with Gasteiger partial charge in [-0.25, -0.2) is 8.78 Å². The molecule has 0 aliphatic carbocycles. The highest BCUT2D eigenvalue weighted by atomic mass is 35.5. The fraction of sp³-hybridized carbons (Fsp3) is 0.368. The fourth-order valence-electron chi connectivity index (χ4n) is 4.17. The van der Waals surface area contributed by atoms with Crippen molar-refractivity contribution in [2.75, 3.05) is 5.88 Å². The van der Waals surface area contributed by atoms with Crippen LogP contribution < -0.4 is 0 Å². The predicted octanol–water partition coefficient (Wildman–Crippen LogP) is 4.81. The summed E-state index contributed by atoms with van der Waals surface area (Å²) in [5, 5.41) is 0. The normalized spacial score (nSPS) is 24.9. The molecular weight excluding hydrogens is 316 g/mol. The molecule has 0 amide bonds. The van der Waals surface area contributed by atoms with Crippen molar-refractivity contribution in [2.24, 2.45) is 0 Å². The molecule has 2 aromatic carbocycles. The maximum absolute atomic E-state index is 13.8. The molecule has 23 heavy (non-hydrogen) atoms. The molecule has 2 aliphatic heterocycles. The van der Waals surface area contributed by atoms with Crippen LogP contribution in [0.3, 0.4) is 0 Å². The highest BCUT2D eigenvalue weighted by Crippen LogP contribution is 2.45. The van der Waals surface area contributed by atoms with E-state index in [2.05, 4.69) is 4.90 Å². The molecule has 2 aliphatic rings. The Morgan fingerprint density at radius 1 is 0.957 bits per heavy atom. The summed E-state index contributed by atoms with van der Waals surface area (Å²) in [5.74, 6) is 0.315. The van der Waals surface area contributed by atoms with Crippen molar-refractivity contribution in [3.05, 3.63) is 70.3 Å². The number of hydrogen-bond donors (Lipinski definition) is 0. The van der Waals surface area contributed by atoms with Crippen LogP contribution >= 0.6 is 11.6 Å². The third-order valence-electron chi connectivity index (χ3n) is 5.12. The molecule has 4 heteroatoms. The van der Waals surface area contributed by atoms with Crippen molar-refractivity contribution < 1.29 is 8.78 Å². The van der Waals surface area contributed by atoms with Crippen molar-refractivity contribution in [1.82, 2.24) is 4.90 Å². The molecule has 1 unspecified atom stereocenters. The minimum atomic E-state index is -0.207. The zero-order valence-electron chi connectivity index (χ0n) is 12.7. The molecule has 0 saturated heterocycles. The van der Waals surface area contributed by atoms with E-state index in [9.17, 15) is 8.78 Å². The van der Waals surface area contributed by atoms with Crippen LogP contribution in [-0.4, -0.2) is 16.8 Å². The molecule has 4 rings (SSSR count). The monoisotopic (exact) mass is 333 g/mol. The van der Waals surface area contributed by atoms with E-state index >= 15 is 0 Å². The van der Waals surface area contributed by atoms with Crippen LogP contribution in [0.4, 0.5) is 8.78 Å². The Morgan fingerprint density at radius 3 is 2.52 bits per heavy atom. The van der Waals surface area contributed by atoms with Gasteiger partial charge in [-0.2, -0.15) is 0 Å². The maximum Gasteiger partial charge on any atom is 0.123 e. The van der Waals surface area contributed by atoms with Crippen molar-refractivity contribution in [2.45, 2.75) is 37.9 Å². The average molecular weight is 334 g/mol. The lowest BCUT2D eigenvalue weighted by Gasteiger charge is -2.47. The minimum absolute atomic E-state index is 0.0991. The molecule has 0 fully saturated rings. The topological polar surface area (TPSA) is 3.24 Å². The van der Waals surface area contributed by atoms with Crippen molar-refractivity contribution in [1.29, 1.82) is 0 Å². The van der Waals surface area contributed by atoms with Gasteiger partial charge in [-0.15, -0.1) is 11.6 Å². The van der Waals surface area contributed by atoms with E-state index in [0.29, 0.717) is 11.9 Å². The summed E-state index contributed by atoms with van der Waals surface area (Å²) < 4.78 is 27.5. The summed E-state index contributed by atoms with van der Waals surface area (Å²) in [6.07, 6.45) is 1.90. The van der Waals surface area contributed by atoms with E-state index in [1.54, 1.807) is 12.1 Å². The summed E-state index contributed by atoms with van der Waals surface area (Å²) >= 11 is 5.90. The van der Waals surface area contributed by atoms with E-state index in [1.165, 1.54) is 17.7 Å². The van der Waals surface area contributed by atoms with Gasteiger partial charge < -0.3 is 0 Å². The number of halogens is 3. The maximum atomic E-state index is 13.8. The molecule has 0 radical (unpaired) electrons. The van der Waals surface area contributed by atoms with Crippen molar-refractivity contribution in [3.8, 4) is 0 Å². The summed E-state index contributed by atoms with van der Waals surface area (Å²) in [5.41, 5.74) is 4.38. The van der Waals surface area contributed by atoms with Gasteiger partial charge in [-0.3, -0.25) is 4.90 Å². The number of rotatable bonds is 3. The fourth-order valence-corrected chi connectivity index (χ4v) is 4.32. The van der Waals surface area contributed by atoms with Crippen LogP contribution in [0, 0.1) is 11.6 Å². The third kappa shape index (κ3) is 2.56. The minimum Gasteiger partial charge on any atom is -0.291 e. The summed E-state index contributed by atoms with van der Waals surface area (Å²) in [6, 6.07) is 10.4. The first-order valence-electron chi connectivity index (χ1n) is 8.04. The molecule has 0 aromatic heterocycles. The number of fused-ring (bicyclic) bond motifs is 6. The van der Waals surface area contributed by atoms with Crippen LogP contribution in [0.1, 0.15) is 41.0 Å². The van der Waals surface area contributed by atoms with Gasteiger partial charge in [0.25, 0.3) is 0 Å². The third-order valence-corrected chi connectivity index (χ3v) is 5.38. The number of benzene rings is 2. The Morgan fingerprint density at radius 2 is 1.70 bits per heavy atom. The lowest BCUT2D eigenvalue weighted by molar-refractivity contribution is 0.122. The quantitative estimate of drug-likeness (QED) is 0.728. The lowest BCUT2D eigenvalue weighted by atomic mass is 9.73. The number of alkyl halides is 1. The Bertz CT molecular complexity index is 746. The first kappa shape index (κ1) is 15.1. The van der Waals surface area contributed by atoms with Gasteiger partial charge in [0.2, 0.25) is 0 Å². The number of nitrogens with zero attached hydrogens (tertiary/aromatic N) is 1. The van der Waals surface area contributed by atoms with Crippen LogP contribution in [0.2, 0.25) is 0 Å². The van der Waals surface area contributed by atoms with Crippen LogP contribution in [0.15, 0.2) is 36.4 Å². The van der Waals surface area contributed by atoms with E-state index < -0.39 is 0 Å². The average Bonchev–Trinajstić information content (AvgIpc) is 2.53. The second kappa shape index (κ2) is 5.88. The van der Waals surface area contributed by atoms with E-state index in [1.807, 2.05) is 12.1 Å². The first-order valence-corrected chi connectivity index (χ1v) is 8.57. The second-order valence-corrected chi connectivity index (χ2v) is 6.85. The van der Waals surface area contributed by atoms with E-state index in [4.69, 9.17) is 11.6 Å². The summed E-state index contributed by atoms with van der Waals surface area (Å²) in [7, 11) is 0. The second-order valence-electron chi connectivity index (χ2n) is 6.47. The van der Waals surface area contributed by atoms with Crippen molar-refractivity contribution in [3.63, 3.8) is 0 Å². The van der Waals surface area contributed by atoms with Crippen LogP contribution in [-0.2, 0) is 13.1 Å². The smallest absolute Gasteiger partial charge is 0.123 e. The SMILES string of the molecule is Fc1ccc2c(c1)CN1Cc3ccc(F)cc3[C@@H]2[C@@H]1CCCCl. The molecule has 0 spiro atoms. The zero-order valence-corrected chi connectivity index (χ0v) is 13.5. The molecular formula is C19H18ClF2N. The van der Waals surface area contributed by atoms with Crippen LogP contribution in [0.5, 0.6) is 0 Å². The van der Waals surface area contributed by atoms with Gasteiger partial charge in [-0.1, -0.05) is 12.1 Å². The van der Waals surface area contributed by atoms with Gasteiger partial charge in [0.1, 0.15) is 11.6 Å². The molecule has 2 bridgehead atoms. The number of hydrogen-bond acceptors (Lipinski definition) is 1. The molecule has 0 saturated carbocycles. The molecule has 120 valence electrons. The predicted molar refractivity (Wildman–Crippen MR) is 87.6 cm³/mol. The van der Waals surface area contributed by atoms with E-state index in [0.717, 1.165) is 42.6 Å². The highest BCUT2D eigenvalue weighted by molar-refractivity contribution is 6.17. The largest absolute Gasteiger partial charge is 0.291 e. The van der Waals surface area contributed by atoms with E-state index in [-0.39, 0.29) is 17.6 Å². The summed E-state index contributed by atoms with van der Waals surface area (Å²) in [4.78, 5) is 2.39. The molecule has 2 heterocycles. The summed E-state index contributed by atoms with van der Waals surface area (Å²) in [6.45, 7) is 1.53. The van der Waals surface area contributed by atoms with Gasteiger partial charge >= 0.3 is 0 Å². The Balaban J connectivity index is 1.86. The van der Waals surface area contributed by atoms with Gasteiger partial charge in [0.15, 0.2) is 0 Å². The van der Waals surface area contributed by atoms with Gasteiger partial charge in [0, 0.05) is 30.9 Å². The first-order chi connectivity index (χ1) is 11.2. The Labute approximate surface area is 139 Å². The lowest BCUT2D eigenvalue weighted by Crippen LogP contribution is -2.47. The highest BCUT2D eigenvalue weighted by Gasteiger charge is 2.40. The Kier molecular flexibility index (Phi) is 3.86. The van der Waals surface area contributed by atoms with Gasteiger partial charge in [0.05, 0.1) is 0 Å². The molecule has 0 N–H and O–H groups in total. The molecule has 1 nitrogen and oxygen atoms in total. The van der Waals surface area contributed by atoms with Gasteiger partial charge in [-0.05, 0) is 59.4 Å².